The van der Waals surface area contributed by atoms with Crippen molar-refractivity contribution in [1.29, 1.82) is 0 Å². The fourth-order valence-corrected chi connectivity index (χ4v) is 11.5. The van der Waals surface area contributed by atoms with Crippen LogP contribution in [0, 0.1) is 0 Å². The summed E-state index contributed by atoms with van der Waals surface area (Å²) in [5.41, 5.74) is 0. The second-order valence-corrected chi connectivity index (χ2v) is 25.0. The van der Waals surface area contributed by atoms with Crippen molar-refractivity contribution in [2.24, 2.45) is 0 Å². The van der Waals surface area contributed by atoms with Crippen LogP contribution in [-0.2, 0) is 14.3 Å². The lowest BCUT2D eigenvalue weighted by Gasteiger charge is -2.40. The number of hydrogen-bond donors (Lipinski definition) is 8. The van der Waals surface area contributed by atoms with E-state index < -0.39 is 74.2 Å². The molecule has 0 radical (unpaired) electrons. The number of ether oxygens (including phenoxy) is 2. The van der Waals surface area contributed by atoms with E-state index in [2.05, 4.69) is 55.6 Å². The minimum absolute atomic E-state index is 0.254. The Hall–Kier alpha value is -1.67. The molecule has 0 bridgehead atoms. The predicted molar refractivity (Wildman–Crippen MR) is 344 cm³/mol. The minimum Gasteiger partial charge on any atom is -0.394 e. The topological polar surface area (TPSA) is 189 Å². The quantitative estimate of drug-likeness (QED) is 0.0215. The number of hydrogen-bond acceptors (Lipinski definition) is 10. The van der Waals surface area contributed by atoms with Crippen molar-refractivity contribution in [2.75, 3.05) is 13.2 Å². The summed E-state index contributed by atoms with van der Waals surface area (Å²) in [7, 11) is 0. The first-order valence-electron chi connectivity index (χ1n) is 35.4. The Kier molecular flexibility index (Phi) is 57.0. The molecule has 11 heteroatoms. The van der Waals surface area contributed by atoms with Crippen LogP contribution < -0.4 is 5.32 Å². The van der Waals surface area contributed by atoms with Gasteiger partial charge in [0, 0.05) is 0 Å². The monoisotopic (exact) mass is 1160 g/mol. The molecule has 0 aromatic rings. The molecule has 0 saturated carbocycles. The van der Waals surface area contributed by atoms with Crippen molar-refractivity contribution >= 4 is 5.91 Å². The first kappa shape index (κ1) is 78.3. The summed E-state index contributed by atoms with van der Waals surface area (Å²) in [6, 6.07) is -1.19. The van der Waals surface area contributed by atoms with Gasteiger partial charge in [0.15, 0.2) is 6.29 Å². The van der Waals surface area contributed by atoms with E-state index in [1.807, 2.05) is 0 Å². The number of nitrogens with one attached hydrogen (secondary N) is 1. The molecule has 82 heavy (non-hydrogen) atoms. The highest BCUT2D eigenvalue weighted by Crippen LogP contribution is 2.24. The average molecular weight is 1160 g/mol. The smallest absolute Gasteiger partial charge is 0.249 e. The van der Waals surface area contributed by atoms with E-state index in [0.717, 1.165) is 44.9 Å². The van der Waals surface area contributed by atoms with Crippen LogP contribution in [0.4, 0.5) is 0 Å². The molecule has 11 nitrogen and oxygen atoms in total. The summed E-state index contributed by atoms with van der Waals surface area (Å²) in [4.78, 5) is 13.3. The SMILES string of the molecule is CCCCCCCCCCC/C=C\C/C=C\CCCCCCCCCCCCCCCCC(O)C(=O)NC(COC1OC(CO)C(O)C(O)C1O)C(O)C(O)CCC/C=C/CCCCCCCCCCCCCCCCCCCCCC. The standard InChI is InChI=1S/C71H135NO10/c1-3-5-7-9-11-13-15-17-19-21-23-25-27-29-30-31-32-33-35-37-39-41-43-45-47-49-51-53-55-57-59-64(75)70(80)72-62(61-81-71-69(79)68(78)67(77)65(60-73)82-71)66(76)63(74)58-56-54-52-50-48-46-44-42-40-38-36-34-28-26-24-22-20-18-16-14-12-10-8-6-4-2/h23,25,29-30,50,52,62-69,71,73-79H,3-22,24,26-28,31-49,51,53-61H2,1-2H3,(H,72,80)/b25-23-,30-29-,52-50+. The third kappa shape index (κ3) is 46.5. The Bertz CT molecular complexity index is 1430. The van der Waals surface area contributed by atoms with Crippen molar-refractivity contribution < 1.29 is 50.0 Å². The average Bonchev–Trinajstić information content (AvgIpc) is 3.50. The van der Waals surface area contributed by atoms with Crippen LogP contribution >= 0.6 is 0 Å². The fourth-order valence-electron chi connectivity index (χ4n) is 11.5. The van der Waals surface area contributed by atoms with Gasteiger partial charge in [0.2, 0.25) is 5.91 Å². The van der Waals surface area contributed by atoms with E-state index in [0.29, 0.717) is 12.8 Å². The number of carbonyl (C=O) groups is 1. The molecule has 1 aliphatic rings. The number of carbonyl (C=O) groups excluding carboxylic acids is 1. The summed E-state index contributed by atoms with van der Waals surface area (Å²) >= 11 is 0. The Labute approximate surface area is 505 Å². The molecule has 484 valence electrons. The van der Waals surface area contributed by atoms with Crippen LogP contribution in [0.5, 0.6) is 0 Å². The highest BCUT2D eigenvalue weighted by molar-refractivity contribution is 5.80. The van der Waals surface area contributed by atoms with Gasteiger partial charge in [-0.15, -0.1) is 0 Å². The molecule has 0 aromatic heterocycles. The summed E-state index contributed by atoms with van der Waals surface area (Å²) in [6.07, 6.45) is 65.1. The maximum absolute atomic E-state index is 13.3. The molecule has 1 amide bonds. The van der Waals surface area contributed by atoms with E-state index in [1.165, 1.54) is 257 Å². The number of aliphatic hydroxyl groups excluding tert-OH is 7. The van der Waals surface area contributed by atoms with Gasteiger partial charge in [-0.05, 0) is 70.6 Å². The van der Waals surface area contributed by atoms with Gasteiger partial charge < -0.3 is 50.5 Å². The van der Waals surface area contributed by atoms with Crippen molar-refractivity contribution in [3.63, 3.8) is 0 Å². The molecule has 9 atom stereocenters. The number of amides is 1. The third-order valence-corrected chi connectivity index (χ3v) is 17.2. The molecule has 1 aliphatic heterocycles. The second-order valence-electron chi connectivity index (χ2n) is 25.0. The predicted octanol–water partition coefficient (Wildman–Crippen LogP) is 17.0. The van der Waals surface area contributed by atoms with Gasteiger partial charge >= 0.3 is 0 Å². The lowest BCUT2D eigenvalue weighted by atomic mass is 9.98. The summed E-state index contributed by atoms with van der Waals surface area (Å²) < 4.78 is 11.2. The van der Waals surface area contributed by atoms with Crippen molar-refractivity contribution in [2.45, 2.75) is 396 Å². The largest absolute Gasteiger partial charge is 0.394 e. The summed E-state index contributed by atoms with van der Waals surface area (Å²) in [6.45, 7) is 3.49. The molecule has 1 fully saturated rings. The number of aliphatic hydroxyl groups is 7. The maximum atomic E-state index is 13.3. The van der Waals surface area contributed by atoms with Gasteiger partial charge in [-0.2, -0.15) is 0 Å². The Morgan fingerprint density at radius 1 is 0.427 bits per heavy atom. The van der Waals surface area contributed by atoms with E-state index >= 15 is 0 Å². The normalized spacial score (nSPS) is 19.3. The summed E-state index contributed by atoms with van der Waals surface area (Å²) in [5.74, 6) is -0.702. The Balaban J connectivity index is 2.21. The lowest BCUT2D eigenvalue weighted by Crippen LogP contribution is -2.60. The van der Waals surface area contributed by atoms with E-state index in [4.69, 9.17) is 9.47 Å². The van der Waals surface area contributed by atoms with Gasteiger partial charge in [-0.3, -0.25) is 4.79 Å². The zero-order valence-corrected chi connectivity index (χ0v) is 53.5. The van der Waals surface area contributed by atoms with Crippen molar-refractivity contribution in [1.82, 2.24) is 5.32 Å². The Morgan fingerprint density at radius 2 is 0.756 bits per heavy atom. The molecule has 1 saturated heterocycles. The van der Waals surface area contributed by atoms with Gasteiger partial charge in [0.25, 0.3) is 0 Å². The first-order valence-corrected chi connectivity index (χ1v) is 35.4. The van der Waals surface area contributed by atoms with Crippen molar-refractivity contribution in [3.8, 4) is 0 Å². The van der Waals surface area contributed by atoms with E-state index in [9.17, 15) is 40.5 Å². The molecule has 0 aliphatic carbocycles. The summed E-state index contributed by atoms with van der Waals surface area (Å²) in [5, 5.41) is 76.5. The highest BCUT2D eigenvalue weighted by Gasteiger charge is 2.44. The van der Waals surface area contributed by atoms with Gasteiger partial charge in [0.05, 0.1) is 25.4 Å². The molecular formula is C71H135NO10. The molecule has 0 spiro atoms. The van der Waals surface area contributed by atoms with Crippen LogP contribution in [0.3, 0.4) is 0 Å². The molecule has 9 unspecified atom stereocenters. The first-order chi connectivity index (χ1) is 40.2. The minimum atomic E-state index is -1.67. The van der Waals surface area contributed by atoms with E-state index in [1.54, 1.807) is 0 Å². The zero-order valence-electron chi connectivity index (χ0n) is 53.5. The van der Waals surface area contributed by atoms with Gasteiger partial charge in [0.1, 0.15) is 36.6 Å². The maximum Gasteiger partial charge on any atom is 0.249 e. The molecule has 1 heterocycles. The van der Waals surface area contributed by atoms with E-state index in [-0.39, 0.29) is 12.8 Å². The van der Waals surface area contributed by atoms with Crippen molar-refractivity contribution in [3.05, 3.63) is 36.5 Å². The molecule has 8 N–H and O–H groups in total. The number of unbranched alkanes of at least 4 members (excludes halogenated alkanes) is 44. The highest BCUT2D eigenvalue weighted by atomic mass is 16.7. The van der Waals surface area contributed by atoms with Crippen LogP contribution in [0.15, 0.2) is 36.5 Å². The van der Waals surface area contributed by atoms with Gasteiger partial charge in [-0.25, -0.2) is 0 Å². The molecular weight excluding hydrogens is 1030 g/mol. The number of rotatable bonds is 62. The van der Waals surface area contributed by atoms with Crippen LogP contribution in [0.25, 0.3) is 0 Å². The molecule has 0 aromatic carbocycles. The van der Waals surface area contributed by atoms with Crippen LogP contribution in [0.1, 0.15) is 341 Å². The van der Waals surface area contributed by atoms with Crippen LogP contribution in [0.2, 0.25) is 0 Å². The lowest BCUT2D eigenvalue weighted by molar-refractivity contribution is -0.303. The molecule has 1 rings (SSSR count). The number of allylic oxidation sites excluding steroid dienone is 6. The second kappa shape index (κ2) is 59.7. The zero-order chi connectivity index (χ0) is 59.6. The third-order valence-electron chi connectivity index (χ3n) is 17.2. The Morgan fingerprint density at radius 3 is 1.12 bits per heavy atom. The fraction of sp³-hybridized carbons (Fsp3) is 0.901. The van der Waals surface area contributed by atoms with Crippen LogP contribution in [-0.4, -0.2) is 110 Å². The van der Waals surface area contributed by atoms with Gasteiger partial charge in [-0.1, -0.05) is 307 Å².